The minimum absolute atomic E-state index is 0.0446. The van der Waals surface area contributed by atoms with Crippen LogP contribution in [0.3, 0.4) is 0 Å². The van der Waals surface area contributed by atoms with Gasteiger partial charge in [-0.2, -0.15) is 0 Å². The number of rotatable bonds is 6. The third kappa shape index (κ3) is 4.88. The van der Waals surface area contributed by atoms with Crippen LogP contribution in [-0.2, 0) is 4.79 Å². The van der Waals surface area contributed by atoms with Crippen molar-refractivity contribution in [3.05, 3.63) is 29.8 Å². The van der Waals surface area contributed by atoms with Gasteiger partial charge in [-0.15, -0.1) is 0 Å². The van der Waals surface area contributed by atoms with Crippen LogP contribution in [0, 0.1) is 5.92 Å². The molecule has 1 aromatic rings. The summed E-state index contributed by atoms with van der Waals surface area (Å²) in [6.45, 7) is 2.18. The van der Waals surface area contributed by atoms with E-state index in [1.807, 2.05) is 0 Å². The van der Waals surface area contributed by atoms with Crippen molar-refractivity contribution in [3.8, 4) is 5.75 Å². The fraction of sp³-hybridized carbons (Fsp3) is 0.529. The Morgan fingerprint density at radius 2 is 1.90 bits per heavy atom. The average molecular weight is 289 g/mol. The van der Waals surface area contributed by atoms with Crippen molar-refractivity contribution in [2.24, 2.45) is 5.92 Å². The van der Waals surface area contributed by atoms with Gasteiger partial charge in [0.1, 0.15) is 5.75 Å². The zero-order chi connectivity index (χ0) is 15.1. The molecule has 0 bridgehead atoms. The van der Waals surface area contributed by atoms with Crippen LogP contribution in [0.25, 0.3) is 0 Å². The van der Waals surface area contributed by atoms with Gasteiger partial charge in [-0.05, 0) is 37.8 Å². The molecule has 0 aromatic heterocycles. The predicted octanol–water partition coefficient (Wildman–Crippen LogP) is 2.96. The van der Waals surface area contributed by atoms with Crippen LogP contribution in [0.2, 0.25) is 0 Å². The molecule has 4 nitrogen and oxygen atoms in total. The molecule has 0 aliphatic heterocycles. The summed E-state index contributed by atoms with van der Waals surface area (Å²) in [5.41, 5.74) is 0.512. The van der Waals surface area contributed by atoms with Gasteiger partial charge in [-0.1, -0.05) is 31.4 Å². The van der Waals surface area contributed by atoms with E-state index in [1.165, 1.54) is 39.0 Å². The highest BCUT2D eigenvalue weighted by Gasteiger charge is 2.15. The van der Waals surface area contributed by atoms with Gasteiger partial charge in [-0.25, -0.2) is 0 Å². The second kappa shape index (κ2) is 7.81. The first-order valence-electron chi connectivity index (χ1n) is 7.66. The summed E-state index contributed by atoms with van der Waals surface area (Å²) in [6, 6.07) is 7.00. The van der Waals surface area contributed by atoms with E-state index in [4.69, 9.17) is 4.74 Å². The number of hydrogen-bond donors (Lipinski definition) is 1. The molecular formula is C17H23NO3. The van der Waals surface area contributed by atoms with E-state index in [-0.39, 0.29) is 18.3 Å². The molecule has 0 atom stereocenters. The lowest BCUT2D eigenvalue weighted by atomic mass is 9.89. The topological polar surface area (TPSA) is 55.4 Å². The predicted molar refractivity (Wildman–Crippen MR) is 81.5 cm³/mol. The van der Waals surface area contributed by atoms with Gasteiger partial charge in [0.05, 0.1) is 5.56 Å². The second-order valence-electron chi connectivity index (χ2n) is 5.65. The number of ketones is 1. The van der Waals surface area contributed by atoms with E-state index in [0.717, 1.165) is 6.54 Å². The van der Waals surface area contributed by atoms with Crippen molar-refractivity contribution in [1.82, 2.24) is 5.32 Å². The lowest BCUT2D eigenvalue weighted by Gasteiger charge is -2.21. The molecule has 1 N–H and O–H groups in total. The van der Waals surface area contributed by atoms with Crippen LogP contribution in [0.5, 0.6) is 5.75 Å². The van der Waals surface area contributed by atoms with Crippen LogP contribution in [-0.4, -0.2) is 24.8 Å². The van der Waals surface area contributed by atoms with Crippen LogP contribution >= 0.6 is 0 Å². The number of ether oxygens (including phenoxy) is 1. The van der Waals surface area contributed by atoms with Gasteiger partial charge < -0.3 is 10.1 Å². The van der Waals surface area contributed by atoms with Crippen molar-refractivity contribution in [3.63, 3.8) is 0 Å². The molecule has 21 heavy (non-hydrogen) atoms. The Hall–Kier alpha value is -1.84. The van der Waals surface area contributed by atoms with Gasteiger partial charge >= 0.3 is 0 Å². The maximum atomic E-state index is 11.8. The molecule has 1 saturated carbocycles. The molecule has 114 valence electrons. The number of benzene rings is 1. The largest absolute Gasteiger partial charge is 0.483 e. The summed E-state index contributed by atoms with van der Waals surface area (Å²) in [5.74, 6) is 0.886. The monoisotopic (exact) mass is 289 g/mol. The molecule has 1 aliphatic rings. The number of carbonyl (C=O) groups excluding carboxylic acids is 2. The Labute approximate surface area is 125 Å². The lowest BCUT2D eigenvalue weighted by Crippen LogP contribution is -2.33. The third-order valence-electron chi connectivity index (χ3n) is 3.94. The summed E-state index contributed by atoms with van der Waals surface area (Å²) in [7, 11) is 0. The number of nitrogens with one attached hydrogen (secondary N) is 1. The molecular weight excluding hydrogens is 266 g/mol. The highest BCUT2D eigenvalue weighted by atomic mass is 16.5. The van der Waals surface area contributed by atoms with Gasteiger partial charge in [0, 0.05) is 6.54 Å². The van der Waals surface area contributed by atoms with Crippen molar-refractivity contribution in [2.45, 2.75) is 39.0 Å². The zero-order valence-electron chi connectivity index (χ0n) is 12.6. The summed E-state index contributed by atoms with van der Waals surface area (Å²) in [5, 5.41) is 2.92. The van der Waals surface area contributed by atoms with Gasteiger partial charge in [0.15, 0.2) is 12.4 Å². The van der Waals surface area contributed by atoms with Crippen LogP contribution in [0.1, 0.15) is 49.4 Å². The summed E-state index contributed by atoms with van der Waals surface area (Å²) >= 11 is 0. The molecule has 1 amide bonds. The Bertz CT molecular complexity index is 493. The van der Waals surface area contributed by atoms with Gasteiger partial charge in [0.2, 0.25) is 0 Å². The van der Waals surface area contributed by atoms with Crippen molar-refractivity contribution < 1.29 is 14.3 Å². The lowest BCUT2D eigenvalue weighted by molar-refractivity contribution is -0.123. The number of para-hydroxylation sites is 1. The minimum atomic E-state index is -0.126. The molecule has 0 heterocycles. The molecule has 4 heteroatoms. The standard InChI is InChI=1S/C17H23NO3/c1-13(19)15-9-5-6-10-16(15)21-12-17(20)18-11-14-7-3-2-4-8-14/h5-6,9-10,14H,2-4,7-8,11-12H2,1H3,(H,18,20). The first-order valence-corrected chi connectivity index (χ1v) is 7.66. The van der Waals surface area contributed by atoms with E-state index in [0.29, 0.717) is 17.2 Å². The molecule has 0 spiro atoms. The molecule has 1 fully saturated rings. The summed E-state index contributed by atoms with van der Waals surface area (Å²) in [4.78, 5) is 23.3. The number of Topliss-reactive ketones (excluding diaryl/α,β-unsaturated/α-hetero) is 1. The van der Waals surface area contributed by atoms with Crippen molar-refractivity contribution in [1.29, 1.82) is 0 Å². The molecule has 1 aromatic carbocycles. The van der Waals surface area contributed by atoms with Crippen molar-refractivity contribution in [2.75, 3.05) is 13.2 Å². The van der Waals surface area contributed by atoms with Gasteiger partial charge in [-0.3, -0.25) is 9.59 Å². The van der Waals surface area contributed by atoms with Crippen LogP contribution in [0.15, 0.2) is 24.3 Å². The van der Waals surface area contributed by atoms with E-state index in [9.17, 15) is 9.59 Å². The fourth-order valence-corrected chi connectivity index (χ4v) is 2.73. The number of amides is 1. The van der Waals surface area contributed by atoms with E-state index < -0.39 is 0 Å². The Morgan fingerprint density at radius 3 is 2.62 bits per heavy atom. The summed E-state index contributed by atoms with van der Waals surface area (Å²) < 4.78 is 5.47. The highest BCUT2D eigenvalue weighted by Crippen LogP contribution is 2.22. The quantitative estimate of drug-likeness (QED) is 0.819. The maximum absolute atomic E-state index is 11.8. The van der Waals surface area contributed by atoms with Crippen molar-refractivity contribution >= 4 is 11.7 Å². The minimum Gasteiger partial charge on any atom is -0.483 e. The molecule has 1 aliphatic carbocycles. The maximum Gasteiger partial charge on any atom is 0.257 e. The van der Waals surface area contributed by atoms with Gasteiger partial charge in [0.25, 0.3) is 5.91 Å². The first-order chi connectivity index (χ1) is 10.2. The Balaban J connectivity index is 1.77. The van der Waals surface area contributed by atoms with E-state index >= 15 is 0 Å². The summed E-state index contributed by atoms with van der Waals surface area (Å²) in [6.07, 6.45) is 6.25. The van der Waals surface area contributed by atoms with E-state index in [2.05, 4.69) is 5.32 Å². The molecule has 2 rings (SSSR count). The number of hydrogen-bond acceptors (Lipinski definition) is 3. The van der Waals surface area contributed by atoms with Crippen LogP contribution in [0.4, 0.5) is 0 Å². The highest BCUT2D eigenvalue weighted by molar-refractivity contribution is 5.96. The second-order valence-corrected chi connectivity index (χ2v) is 5.65. The molecule has 0 radical (unpaired) electrons. The molecule has 0 saturated heterocycles. The Kier molecular flexibility index (Phi) is 5.78. The SMILES string of the molecule is CC(=O)c1ccccc1OCC(=O)NCC1CCCCC1. The van der Waals surface area contributed by atoms with E-state index in [1.54, 1.807) is 24.3 Å². The average Bonchev–Trinajstić information content (AvgIpc) is 2.52. The van der Waals surface area contributed by atoms with Crippen LogP contribution < -0.4 is 10.1 Å². The fourth-order valence-electron chi connectivity index (χ4n) is 2.73. The molecule has 0 unspecified atom stereocenters. The zero-order valence-corrected chi connectivity index (χ0v) is 12.6. The number of carbonyl (C=O) groups is 2. The first kappa shape index (κ1) is 15.5. The smallest absolute Gasteiger partial charge is 0.257 e. The normalized spacial score (nSPS) is 15.5. The third-order valence-corrected chi connectivity index (χ3v) is 3.94. The Morgan fingerprint density at radius 1 is 1.19 bits per heavy atom.